The quantitative estimate of drug-likeness (QED) is 0.441. The maximum Gasteiger partial charge on any atom is 0.426 e. The van der Waals surface area contributed by atoms with Crippen LogP contribution in [0.3, 0.4) is 0 Å². The van der Waals surface area contributed by atoms with Gasteiger partial charge in [-0.1, -0.05) is 12.8 Å². The fourth-order valence-electron chi connectivity index (χ4n) is 7.45. The van der Waals surface area contributed by atoms with Crippen LogP contribution in [-0.4, -0.2) is 125 Å². The molecule has 0 aromatic rings. The molecule has 2 atom stereocenters. The van der Waals surface area contributed by atoms with Crippen molar-refractivity contribution < 1.29 is 28.8 Å². The third kappa shape index (κ3) is 8.13. The number of fused-ring (bicyclic) bond motifs is 2. The first-order valence-electron chi connectivity index (χ1n) is 15.4. The number of rotatable bonds is 1. The molecule has 5 fully saturated rings. The number of alkyl carbamates (subject to hydrolysis) is 1. The predicted molar refractivity (Wildman–Crippen MR) is 160 cm³/mol. The molecule has 0 radical (unpaired) electrons. The van der Waals surface area contributed by atoms with Crippen molar-refractivity contribution in [3.63, 3.8) is 0 Å². The highest BCUT2D eigenvalue weighted by Gasteiger charge is 2.52. The number of carbonyl (C=O) groups excluding carboxylic acids is 4. The van der Waals surface area contributed by atoms with E-state index >= 15 is 0 Å². The van der Waals surface area contributed by atoms with Gasteiger partial charge in [0.05, 0.1) is 31.2 Å². The third-order valence-electron chi connectivity index (χ3n) is 8.81. The molecule has 2 N–H and O–H groups in total. The van der Waals surface area contributed by atoms with Crippen LogP contribution in [0.15, 0.2) is 0 Å². The molecule has 0 saturated carbocycles. The molecule has 0 aromatic heterocycles. The van der Waals surface area contributed by atoms with E-state index in [1.54, 1.807) is 9.96 Å². The first-order chi connectivity index (χ1) is 19.5. The Morgan fingerprint density at radius 1 is 0.762 bits per heavy atom. The first kappa shape index (κ1) is 34.1. The molecule has 240 valence electrons. The van der Waals surface area contributed by atoms with Crippen LogP contribution in [0.5, 0.6) is 0 Å². The van der Waals surface area contributed by atoms with E-state index < -0.39 is 34.8 Å². The molecule has 4 bridgehead atoms. The summed E-state index contributed by atoms with van der Waals surface area (Å²) in [6.07, 6.45) is 4.01. The molecule has 0 aliphatic carbocycles. The molecule has 5 saturated heterocycles. The fourth-order valence-corrected chi connectivity index (χ4v) is 7.45. The number of hydrogen-bond donors (Lipinski definition) is 2. The van der Waals surface area contributed by atoms with E-state index in [4.69, 9.17) is 9.57 Å². The average molecular weight is 595 g/mol. The van der Waals surface area contributed by atoms with Crippen LogP contribution in [-0.2, 0) is 19.2 Å². The summed E-state index contributed by atoms with van der Waals surface area (Å²) >= 11 is 0. The summed E-state index contributed by atoms with van der Waals surface area (Å²) in [4.78, 5) is 62.9. The molecular formula is C30H54N6O6. The lowest BCUT2D eigenvalue weighted by Gasteiger charge is -2.58. The number of hydroxylamine groups is 2. The third-order valence-corrected chi connectivity index (χ3v) is 8.81. The molecule has 12 nitrogen and oxygen atoms in total. The Labute approximate surface area is 251 Å². The number of nitrogens with zero attached hydrogens (tertiary/aromatic N) is 4. The minimum Gasteiger partial charge on any atom is -0.448 e. The molecule has 5 heterocycles. The Morgan fingerprint density at radius 3 is 1.90 bits per heavy atom. The van der Waals surface area contributed by atoms with E-state index in [2.05, 4.69) is 62.0 Å². The second kappa shape index (κ2) is 13.5. The largest absolute Gasteiger partial charge is 0.448 e. The van der Waals surface area contributed by atoms with Crippen LogP contribution < -0.4 is 10.6 Å². The number of aldehydes is 1. The van der Waals surface area contributed by atoms with Crippen LogP contribution in [0.4, 0.5) is 9.59 Å². The van der Waals surface area contributed by atoms with Gasteiger partial charge in [-0.05, 0) is 74.7 Å². The smallest absolute Gasteiger partial charge is 0.426 e. The lowest BCUT2D eigenvalue weighted by atomic mass is 9.84. The maximum atomic E-state index is 13.6. The van der Waals surface area contributed by atoms with E-state index in [0.29, 0.717) is 52.2 Å². The highest BCUT2D eigenvalue weighted by atomic mass is 16.7. The highest BCUT2D eigenvalue weighted by molar-refractivity contribution is 5.86. The lowest BCUT2D eigenvalue weighted by Crippen LogP contribution is -2.73. The summed E-state index contributed by atoms with van der Waals surface area (Å²) in [7, 11) is 0. The Bertz CT molecular complexity index is 965. The van der Waals surface area contributed by atoms with E-state index in [9.17, 15) is 19.2 Å². The molecule has 5 aliphatic heterocycles. The summed E-state index contributed by atoms with van der Waals surface area (Å²) < 4.78 is 5.37. The summed E-state index contributed by atoms with van der Waals surface area (Å²) in [5.41, 5.74) is -2.12. The van der Waals surface area contributed by atoms with Crippen molar-refractivity contribution in [2.24, 2.45) is 0 Å². The number of piperazine rings is 2. The van der Waals surface area contributed by atoms with E-state index in [1.807, 2.05) is 13.8 Å². The van der Waals surface area contributed by atoms with Gasteiger partial charge in [-0.2, -0.15) is 0 Å². The Kier molecular flexibility index (Phi) is 10.9. The fraction of sp³-hybridized carbons (Fsp3) is 0.867. The van der Waals surface area contributed by atoms with E-state index in [-0.39, 0.29) is 18.1 Å². The molecule has 12 heteroatoms. The molecule has 0 aromatic carbocycles. The normalized spacial score (nSPS) is 32.8. The number of amides is 3. The zero-order chi connectivity index (χ0) is 31.3. The molecule has 0 spiro atoms. The van der Waals surface area contributed by atoms with Crippen molar-refractivity contribution in [2.45, 2.75) is 116 Å². The van der Waals surface area contributed by atoms with Gasteiger partial charge in [-0.3, -0.25) is 14.6 Å². The number of nitrogens with one attached hydrogen (secondary N) is 2. The van der Waals surface area contributed by atoms with Gasteiger partial charge in [-0.15, -0.1) is 5.06 Å². The number of carbonyl (C=O) groups is 4. The van der Waals surface area contributed by atoms with Crippen LogP contribution in [0, 0.1) is 0 Å². The standard InChI is InChI=1S/C30H54N6O6/c1-27(2)20-33-17-18-41-25(39)31-14-11-9-10-12-15-32-26(40)42-34-21-28(3,4)36(29(5,6)22-34)23(19-37)13-16-35(27)30(7,8)24(33)38/h19,23H,9-18,20-22H2,1-8H3,(H,31,39)(H,32,40). The van der Waals surface area contributed by atoms with E-state index in [1.165, 1.54) is 0 Å². The SMILES string of the molecule is CC1(C)CN2CC(C)(C)N1C(C=O)CCN1C(C)(C)CN(CCOC(=O)NCCCCCCNC(=O)O2)C(=O)C1(C)C. The van der Waals surface area contributed by atoms with E-state index in [0.717, 1.165) is 32.0 Å². The molecule has 3 amide bonds. The van der Waals surface area contributed by atoms with Gasteiger partial charge >= 0.3 is 12.2 Å². The van der Waals surface area contributed by atoms with Crippen molar-refractivity contribution in [1.29, 1.82) is 0 Å². The molecular weight excluding hydrogens is 540 g/mol. The van der Waals surface area contributed by atoms with Crippen molar-refractivity contribution in [1.82, 2.24) is 30.4 Å². The predicted octanol–water partition coefficient (Wildman–Crippen LogP) is 2.76. The van der Waals surface area contributed by atoms with Gasteiger partial charge < -0.3 is 29.9 Å². The number of ether oxygens (including phenoxy) is 1. The van der Waals surface area contributed by atoms with Crippen molar-refractivity contribution in [2.75, 3.05) is 52.4 Å². The summed E-state index contributed by atoms with van der Waals surface area (Å²) in [6, 6.07) is -0.396. The van der Waals surface area contributed by atoms with Crippen molar-refractivity contribution in [3.8, 4) is 0 Å². The van der Waals surface area contributed by atoms with Crippen LogP contribution >= 0.6 is 0 Å². The Morgan fingerprint density at radius 2 is 1.33 bits per heavy atom. The maximum absolute atomic E-state index is 13.6. The van der Waals surface area contributed by atoms with Crippen molar-refractivity contribution >= 4 is 24.4 Å². The molecule has 2 unspecified atom stereocenters. The molecule has 42 heavy (non-hydrogen) atoms. The monoisotopic (exact) mass is 594 g/mol. The van der Waals surface area contributed by atoms with Gasteiger partial charge in [0.1, 0.15) is 12.9 Å². The Balaban J connectivity index is 1.82. The second-order valence-electron chi connectivity index (χ2n) is 14.3. The molecule has 5 rings (SSSR count). The van der Waals surface area contributed by atoms with Gasteiger partial charge in [0, 0.05) is 42.8 Å². The average Bonchev–Trinajstić information content (AvgIpc) is 2.85. The van der Waals surface area contributed by atoms with Crippen LogP contribution in [0.2, 0.25) is 0 Å². The number of hydrogen-bond acceptors (Lipinski definition) is 9. The highest BCUT2D eigenvalue weighted by Crippen LogP contribution is 2.37. The minimum atomic E-state index is -0.811. The zero-order valence-corrected chi connectivity index (χ0v) is 27.1. The lowest BCUT2D eigenvalue weighted by molar-refractivity contribution is -0.202. The summed E-state index contributed by atoms with van der Waals surface area (Å²) in [5, 5.41) is 7.31. The van der Waals surface area contributed by atoms with Crippen LogP contribution in [0.25, 0.3) is 0 Å². The van der Waals surface area contributed by atoms with Crippen molar-refractivity contribution in [3.05, 3.63) is 0 Å². The van der Waals surface area contributed by atoms with Gasteiger partial charge in [-0.25, -0.2) is 9.59 Å². The van der Waals surface area contributed by atoms with Gasteiger partial charge in [0.25, 0.3) is 0 Å². The first-order valence-corrected chi connectivity index (χ1v) is 15.4. The second-order valence-corrected chi connectivity index (χ2v) is 14.3. The summed E-state index contributed by atoms with van der Waals surface area (Å²) in [6.45, 7) is 19.8. The topological polar surface area (TPSA) is 124 Å². The van der Waals surface area contributed by atoms with Gasteiger partial charge in [0.15, 0.2) is 0 Å². The summed E-state index contributed by atoms with van der Waals surface area (Å²) in [5.74, 6) is -0.0243. The molecule has 5 aliphatic rings. The van der Waals surface area contributed by atoms with Gasteiger partial charge in [0.2, 0.25) is 5.91 Å². The zero-order valence-electron chi connectivity index (χ0n) is 27.1. The minimum absolute atomic E-state index is 0.0243. The Hall–Kier alpha value is -2.44. The van der Waals surface area contributed by atoms with Crippen LogP contribution in [0.1, 0.15) is 87.5 Å².